The molecular weight excluding hydrogens is 260 g/mol. The number of ketones is 1. The third-order valence-corrected chi connectivity index (χ3v) is 5.14. The summed E-state index contributed by atoms with van der Waals surface area (Å²) in [5.74, 6) is 0.754. The highest BCUT2D eigenvalue weighted by Crippen LogP contribution is 2.45. The fourth-order valence-electron chi connectivity index (χ4n) is 3.82. The van der Waals surface area contributed by atoms with Gasteiger partial charge in [0.1, 0.15) is 0 Å². The summed E-state index contributed by atoms with van der Waals surface area (Å²) in [6.45, 7) is 10.5. The van der Waals surface area contributed by atoms with E-state index in [1.807, 2.05) is 13.0 Å². The lowest BCUT2D eigenvalue weighted by atomic mass is 9.64. The van der Waals surface area contributed by atoms with Crippen LogP contribution in [0.5, 0.6) is 0 Å². The van der Waals surface area contributed by atoms with Gasteiger partial charge in [-0.3, -0.25) is 4.79 Å². The molecule has 0 radical (unpaired) electrons. The third kappa shape index (κ3) is 3.74. The summed E-state index contributed by atoms with van der Waals surface area (Å²) in [4.78, 5) is 12.6. The first-order valence-electron chi connectivity index (χ1n) is 8.06. The van der Waals surface area contributed by atoms with Gasteiger partial charge in [0, 0.05) is 6.42 Å². The molecule has 0 heterocycles. The van der Waals surface area contributed by atoms with Crippen LogP contribution in [-0.4, -0.2) is 17.0 Å². The Kier molecular flexibility index (Phi) is 4.88. The first-order valence-corrected chi connectivity index (χ1v) is 8.06. The molecule has 1 N–H and O–H groups in total. The van der Waals surface area contributed by atoms with Crippen molar-refractivity contribution in [2.24, 2.45) is 11.3 Å². The van der Waals surface area contributed by atoms with E-state index in [1.165, 1.54) is 0 Å². The summed E-state index contributed by atoms with van der Waals surface area (Å²) in [6, 6.07) is 0. The minimum absolute atomic E-state index is 0.0479. The number of carbonyl (C=O) groups is 1. The predicted octanol–water partition coefficient (Wildman–Crippen LogP) is 4.36. The van der Waals surface area contributed by atoms with E-state index in [4.69, 9.17) is 0 Å². The predicted molar refractivity (Wildman–Crippen MR) is 87.0 cm³/mol. The van der Waals surface area contributed by atoms with Crippen molar-refractivity contribution in [3.63, 3.8) is 0 Å². The summed E-state index contributed by atoms with van der Waals surface area (Å²) in [6.07, 6.45) is 8.65. The SMILES string of the molecule is C=C1CC[C@H]2CCC=C(C(=O)C/C(C)=C\C(O)C1)C2(C)C. The van der Waals surface area contributed by atoms with Crippen LogP contribution in [0.25, 0.3) is 0 Å². The van der Waals surface area contributed by atoms with Gasteiger partial charge in [-0.2, -0.15) is 0 Å². The van der Waals surface area contributed by atoms with Crippen molar-refractivity contribution in [2.45, 2.75) is 65.4 Å². The molecule has 2 nitrogen and oxygen atoms in total. The minimum atomic E-state index is -0.508. The molecule has 2 bridgehead atoms. The highest BCUT2D eigenvalue weighted by atomic mass is 16.3. The van der Waals surface area contributed by atoms with E-state index in [1.54, 1.807) is 0 Å². The standard InChI is InChI=1S/C19H28O2/c1-13-8-9-15-6-5-7-17(19(15,3)4)18(21)12-14(2)11-16(20)10-13/h7,11,15-16,20H,1,5-6,8-10,12H2,2-4H3/b14-11-/t15-,16?/m1/s1. The normalized spacial score (nSPS) is 33.3. The summed E-state index contributed by atoms with van der Waals surface area (Å²) in [5.41, 5.74) is 3.02. The number of aliphatic hydroxyl groups excluding tert-OH is 1. The average molecular weight is 288 g/mol. The molecule has 2 aliphatic carbocycles. The smallest absolute Gasteiger partial charge is 0.163 e. The number of hydrogen-bond donors (Lipinski definition) is 1. The molecule has 0 aromatic heterocycles. The number of fused-ring (bicyclic) bond motifs is 2. The van der Waals surface area contributed by atoms with Gasteiger partial charge >= 0.3 is 0 Å². The van der Waals surface area contributed by atoms with Crippen LogP contribution in [0.4, 0.5) is 0 Å². The molecule has 2 atom stereocenters. The Bertz CT molecular complexity index is 494. The van der Waals surface area contributed by atoms with Crippen molar-refractivity contribution in [1.82, 2.24) is 0 Å². The van der Waals surface area contributed by atoms with Gasteiger partial charge in [0.15, 0.2) is 5.78 Å². The number of carbonyl (C=O) groups excluding carboxylic acids is 1. The second-order valence-electron chi connectivity index (χ2n) is 7.29. The molecule has 0 spiro atoms. The molecule has 0 amide bonds. The second kappa shape index (κ2) is 6.31. The van der Waals surface area contributed by atoms with Gasteiger partial charge in [-0.05, 0) is 55.9 Å². The molecule has 21 heavy (non-hydrogen) atoms. The van der Waals surface area contributed by atoms with E-state index in [2.05, 4.69) is 26.5 Å². The topological polar surface area (TPSA) is 37.3 Å². The Morgan fingerprint density at radius 1 is 1.33 bits per heavy atom. The van der Waals surface area contributed by atoms with E-state index in [0.29, 0.717) is 18.8 Å². The summed E-state index contributed by atoms with van der Waals surface area (Å²) in [7, 11) is 0. The Morgan fingerprint density at radius 2 is 2.05 bits per heavy atom. The number of hydrogen-bond acceptors (Lipinski definition) is 2. The van der Waals surface area contributed by atoms with Crippen LogP contribution in [0.1, 0.15) is 59.3 Å². The van der Waals surface area contributed by atoms with Gasteiger partial charge in [0.05, 0.1) is 6.10 Å². The molecule has 0 fully saturated rings. The fourth-order valence-corrected chi connectivity index (χ4v) is 3.82. The van der Waals surface area contributed by atoms with Crippen LogP contribution in [0.15, 0.2) is 35.5 Å². The Morgan fingerprint density at radius 3 is 2.76 bits per heavy atom. The van der Waals surface area contributed by atoms with Crippen molar-refractivity contribution >= 4 is 5.78 Å². The number of Topliss-reactive ketones (excluding diaryl/α,β-unsaturated/α-hetero) is 1. The number of allylic oxidation sites excluding steroid dienone is 3. The second-order valence-corrected chi connectivity index (χ2v) is 7.29. The van der Waals surface area contributed by atoms with Gasteiger partial charge in [-0.1, -0.05) is 43.7 Å². The van der Waals surface area contributed by atoms with Gasteiger partial charge in [0.2, 0.25) is 0 Å². The molecule has 116 valence electrons. The summed E-state index contributed by atoms with van der Waals surface area (Å²) >= 11 is 0. The molecular formula is C19H28O2. The van der Waals surface area contributed by atoms with Crippen molar-refractivity contribution < 1.29 is 9.90 Å². The first-order chi connectivity index (χ1) is 9.80. The van der Waals surface area contributed by atoms with E-state index in [-0.39, 0.29) is 11.2 Å². The summed E-state index contributed by atoms with van der Waals surface area (Å²) in [5, 5.41) is 10.1. The zero-order valence-electron chi connectivity index (χ0n) is 13.6. The Labute approximate surface area is 128 Å². The molecule has 0 aromatic rings. The monoisotopic (exact) mass is 288 g/mol. The van der Waals surface area contributed by atoms with Crippen molar-refractivity contribution in [1.29, 1.82) is 0 Å². The van der Waals surface area contributed by atoms with Crippen LogP contribution in [0, 0.1) is 11.3 Å². The Balaban J connectivity index is 2.34. The molecule has 2 aliphatic rings. The maximum Gasteiger partial charge on any atom is 0.163 e. The van der Waals surface area contributed by atoms with Gasteiger partial charge in [-0.25, -0.2) is 0 Å². The first kappa shape index (κ1) is 16.2. The lowest BCUT2D eigenvalue weighted by Gasteiger charge is -2.40. The molecule has 0 aromatic carbocycles. The largest absolute Gasteiger partial charge is 0.389 e. The summed E-state index contributed by atoms with van der Waals surface area (Å²) < 4.78 is 0. The zero-order chi connectivity index (χ0) is 15.6. The minimum Gasteiger partial charge on any atom is -0.389 e. The van der Waals surface area contributed by atoms with Gasteiger partial charge < -0.3 is 5.11 Å². The molecule has 0 aliphatic heterocycles. The van der Waals surface area contributed by atoms with Crippen LogP contribution >= 0.6 is 0 Å². The Hall–Kier alpha value is -1.15. The van der Waals surface area contributed by atoms with E-state index in [0.717, 1.165) is 42.4 Å². The average Bonchev–Trinajstić information content (AvgIpc) is 2.34. The van der Waals surface area contributed by atoms with Crippen LogP contribution in [0.2, 0.25) is 0 Å². The number of aliphatic hydroxyl groups is 1. The lowest BCUT2D eigenvalue weighted by Crippen LogP contribution is -2.33. The van der Waals surface area contributed by atoms with Crippen LogP contribution < -0.4 is 0 Å². The van der Waals surface area contributed by atoms with E-state index < -0.39 is 6.10 Å². The van der Waals surface area contributed by atoms with E-state index >= 15 is 0 Å². The maximum atomic E-state index is 12.6. The maximum absolute atomic E-state index is 12.6. The van der Waals surface area contributed by atoms with Crippen LogP contribution in [-0.2, 0) is 4.79 Å². The van der Waals surface area contributed by atoms with E-state index in [9.17, 15) is 9.90 Å². The zero-order valence-corrected chi connectivity index (χ0v) is 13.6. The van der Waals surface area contributed by atoms with Crippen molar-refractivity contribution in [3.8, 4) is 0 Å². The molecule has 2 rings (SSSR count). The highest BCUT2D eigenvalue weighted by Gasteiger charge is 2.38. The molecule has 2 heteroatoms. The molecule has 1 unspecified atom stereocenters. The third-order valence-electron chi connectivity index (χ3n) is 5.14. The molecule has 0 saturated heterocycles. The van der Waals surface area contributed by atoms with Crippen molar-refractivity contribution in [3.05, 3.63) is 35.5 Å². The van der Waals surface area contributed by atoms with Gasteiger partial charge in [0.25, 0.3) is 0 Å². The fraction of sp³-hybridized carbons (Fsp3) is 0.632. The lowest BCUT2D eigenvalue weighted by molar-refractivity contribution is -0.116. The van der Waals surface area contributed by atoms with Crippen molar-refractivity contribution in [2.75, 3.05) is 0 Å². The molecule has 0 saturated carbocycles. The van der Waals surface area contributed by atoms with Gasteiger partial charge in [-0.15, -0.1) is 0 Å². The highest BCUT2D eigenvalue weighted by molar-refractivity contribution is 5.98. The number of rotatable bonds is 0. The quantitative estimate of drug-likeness (QED) is 0.673. The van der Waals surface area contributed by atoms with Crippen LogP contribution in [0.3, 0.4) is 0 Å².